The molecule has 0 amide bonds. The number of fused-ring (bicyclic) bond motifs is 3. The molecular formula is C18H26O4. The molecule has 1 unspecified atom stereocenters. The first-order chi connectivity index (χ1) is 10.4. The summed E-state index contributed by atoms with van der Waals surface area (Å²) in [5.41, 5.74) is 2.20. The van der Waals surface area contributed by atoms with Gasteiger partial charge in [0, 0.05) is 11.0 Å². The van der Waals surface area contributed by atoms with Crippen LogP contribution in [0.2, 0.25) is 0 Å². The molecule has 2 aliphatic rings. The van der Waals surface area contributed by atoms with E-state index in [0.717, 1.165) is 24.8 Å². The monoisotopic (exact) mass is 306 g/mol. The number of aliphatic hydroxyl groups excluding tert-OH is 3. The number of aromatic hydroxyl groups is 1. The first-order valence-electron chi connectivity index (χ1n) is 8.12. The highest BCUT2D eigenvalue weighted by molar-refractivity contribution is 5.47. The van der Waals surface area contributed by atoms with Gasteiger partial charge in [-0.3, -0.25) is 0 Å². The second-order valence-corrected chi connectivity index (χ2v) is 7.52. The van der Waals surface area contributed by atoms with E-state index in [1.165, 1.54) is 5.56 Å². The van der Waals surface area contributed by atoms with E-state index in [9.17, 15) is 20.4 Å². The number of rotatable bonds is 2. The topological polar surface area (TPSA) is 80.9 Å². The lowest BCUT2D eigenvalue weighted by Crippen LogP contribution is -2.56. The molecule has 1 aromatic rings. The van der Waals surface area contributed by atoms with Crippen LogP contribution in [-0.4, -0.2) is 33.1 Å². The van der Waals surface area contributed by atoms with Crippen molar-refractivity contribution in [1.82, 2.24) is 0 Å². The van der Waals surface area contributed by atoms with Crippen molar-refractivity contribution in [2.45, 2.75) is 57.7 Å². The molecule has 0 aromatic heterocycles. The minimum atomic E-state index is -0.504. The lowest BCUT2D eigenvalue weighted by Gasteiger charge is -2.56. The molecular weight excluding hydrogens is 280 g/mol. The van der Waals surface area contributed by atoms with Crippen LogP contribution in [0.1, 0.15) is 49.8 Å². The van der Waals surface area contributed by atoms with Crippen LogP contribution in [0, 0.1) is 11.3 Å². The van der Waals surface area contributed by atoms with Gasteiger partial charge in [0.05, 0.1) is 19.3 Å². The molecule has 0 saturated heterocycles. The highest BCUT2D eigenvalue weighted by Gasteiger charge is 2.55. The summed E-state index contributed by atoms with van der Waals surface area (Å²) in [5, 5.41) is 39.8. The van der Waals surface area contributed by atoms with E-state index in [2.05, 4.69) is 6.92 Å². The van der Waals surface area contributed by atoms with Crippen LogP contribution in [-0.2, 0) is 18.4 Å². The average Bonchev–Trinajstić information content (AvgIpc) is 2.51. The zero-order valence-electron chi connectivity index (χ0n) is 13.3. The highest BCUT2D eigenvalue weighted by Crippen LogP contribution is 2.57. The molecule has 3 rings (SSSR count). The number of benzene rings is 1. The van der Waals surface area contributed by atoms with Gasteiger partial charge in [-0.1, -0.05) is 13.8 Å². The molecule has 122 valence electrons. The third kappa shape index (κ3) is 2.01. The largest absolute Gasteiger partial charge is 0.508 e. The lowest BCUT2D eigenvalue weighted by molar-refractivity contribution is -0.110. The summed E-state index contributed by atoms with van der Waals surface area (Å²) in [5.74, 6) is 0.320. The third-order valence-electron chi connectivity index (χ3n) is 6.40. The van der Waals surface area contributed by atoms with Gasteiger partial charge in [-0.25, -0.2) is 0 Å². The SMILES string of the molecule is CC1(CO)[C@H](O)CC[C@@]2(C)c3cc(O)c(CO)cc3CC[C@@H]12. The summed E-state index contributed by atoms with van der Waals surface area (Å²) < 4.78 is 0. The van der Waals surface area contributed by atoms with Gasteiger partial charge in [-0.05, 0) is 60.3 Å². The van der Waals surface area contributed by atoms with E-state index in [-0.39, 0.29) is 30.3 Å². The maximum absolute atomic E-state index is 10.4. The fourth-order valence-electron chi connectivity index (χ4n) is 4.94. The molecule has 0 bridgehead atoms. The normalized spacial score (nSPS) is 37.5. The summed E-state index contributed by atoms with van der Waals surface area (Å²) in [6.45, 7) is 3.98. The molecule has 1 aromatic carbocycles. The molecule has 4 atom stereocenters. The second kappa shape index (κ2) is 5.22. The van der Waals surface area contributed by atoms with E-state index in [1.54, 1.807) is 6.07 Å². The smallest absolute Gasteiger partial charge is 0.121 e. The minimum absolute atomic E-state index is 0.0234. The summed E-state index contributed by atoms with van der Waals surface area (Å²) in [4.78, 5) is 0. The van der Waals surface area contributed by atoms with Gasteiger partial charge in [-0.15, -0.1) is 0 Å². The van der Waals surface area contributed by atoms with E-state index >= 15 is 0 Å². The number of aryl methyl sites for hydroxylation is 1. The minimum Gasteiger partial charge on any atom is -0.508 e. The molecule has 0 heterocycles. The Morgan fingerprint density at radius 1 is 1.18 bits per heavy atom. The van der Waals surface area contributed by atoms with Crippen molar-refractivity contribution in [3.8, 4) is 5.75 Å². The Morgan fingerprint density at radius 3 is 2.55 bits per heavy atom. The van der Waals surface area contributed by atoms with Gasteiger partial charge in [0.2, 0.25) is 0 Å². The van der Waals surface area contributed by atoms with E-state index < -0.39 is 11.5 Å². The van der Waals surface area contributed by atoms with Gasteiger partial charge < -0.3 is 20.4 Å². The average molecular weight is 306 g/mol. The Kier molecular flexibility index (Phi) is 3.75. The molecule has 0 radical (unpaired) electrons. The van der Waals surface area contributed by atoms with Crippen molar-refractivity contribution in [2.24, 2.45) is 11.3 Å². The standard InChI is InChI=1S/C18H26O4/c1-17-6-5-16(22)18(2,10-20)15(17)4-3-11-7-12(9-19)14(21)8-13(11)17/h7-8,15-16,19-22H,3-6,9-10H2,1-2H3/t15-,16-,17+,18?/m1/s1. The molecule has 1 fully saturated rings. The fraction of sp³-hybridized carbons (Fsp3) is 0.667. The van der Waals surface area contributed by atoms with Crippen LogP contribution in [0.5, 0.6) is 5.75 Å². The van der Waals surface area contributed by atoms with Crippen molar-refractivity contribution in [2.75, 3.05) is 6.61 Å². The van der Waals surface area contributed by atoms with E-state index in [1.807, 2.05) is 13.0 Å². The number of phenols is 1. The molecule has 22 heavy (non-hydrogen) atoms. The molecule has 4 heteroatoms. The first kappa shape index (κ1) is 15.8. The van der Waals surface area contributed by atoms with E-state index in [4.69, 9.17) is 0 Å². The van der Waals surface area contributed by atoms with Crippen LogP contribution in [0.3, 0.4) is 0 Å². The van der Waals surface area contributed by atoms with Crippen LogP contribution in [0.15, 0.2) is 12.1 Å². The van der Waals surface area contributed by atoms with Crippen molar-refractivity contribution in [1.29, 1.82) is 0 Å². The van der Waals surface area contributed by atoms with Crippen LogP contribution in [0.4, 0.5) is 0 Å². The first-order valence-corrected chi connectivity index (χ1v) is 8.12. The van der Waals surface area contributed by atoms with Crippen molar-refractivity contribution < 1.29 is 20.4 Å². The predicted molar refractivity (Wildman–Crippen MR) is 83.6 cm³/mol. The quantitative estimate of drug-likeness (QED) is 0.672. The van der Waals surface area contributed by atoms with Crippen LogP contribution in [0.25, 0.3) is 0 Å². The van der Waals surface area contributed by atoms with Crippen molar-refractivity contribution in [3.63, 3.8) is 0 Å². The van der Waals surface area contributed by atoms with Gasteiger partial charge in [0.1, 0.15) is 5.75 Å². The Hall–Kier alpha value is -1.10. The maximum atomic E-state index is 10.4. The lowest BCUT2D eigenvalue weighted by atomic mass is 9.49. The summed E-state index contributed by atoms with van der Waals surface area (Å²) in [6, 6.07) is 3.70. The molecule has 0 spiro atoms. The Bertz CT molecular complexity index is 585. The van der Waals surface area contributed by atoms with Crippen LogP contribution >= 0.6 is 0 Å². The Morgan fingerprint density at radius 2 is 1.91 bits per heavy atom. The van der Waals surface area contributed by atoms with Gasteiger partial charge in [0.25, 0.3) is 0 Å². The maximum Gasteiger partial charge on any atom is 0.121 e. The molecule has 4 nitrogen and oxygen atoms in total. The third-order valence-corrected chi connectivity index (χ3v) is 6.40. The zero-order valence-corrected chi connectivity index (χ0v) is 13.3. The van der Waals surface area contributed by atoms with Gasteiger partial charge >= 0.3 is 0 Å². The van der Waals surface area contributed by atoms with Gasteiger partial charge in [-0.2, -0.15) is 0 Å². The Balaban J connectivity index is 2.12. The fourth-order valence-corrected chi connectivity index (χ4v) is 4.94. The zero-order chi connectivity index (χ0) is 16.1. The summed E-state index contributed by atoms with van der Waals surface area (Å²) in [6.07, 6.45) is 2.78. The number of hydrogen-bond donors (Lipinski definition) is 4. The molecule has 0 aliphatic heterocycles. The molecule has 4 N–H and O–H groups in total. The number of aliphatic hydroxyl groups is 3. The van der Waals surface area contributed by atoms with Gasteiger partial charge in [0.15, 0.2) is 0 Å². The Labute approximate surface area is 131 Å². The van der Waals surface area contributed by atoms with Crippen molar-refractivity contribution >= 4 is 0 Å². The molecule has 1 saturated carbocycles. The predicted octanol–water partition coefficient (Wildman–Crippen LogP) is 1.86. The second-order valence-electron chi connectivity index (χ2n) is 7.52. The van der Waals surface area contributed by atoms with Crippen LogP contribution < -0.4 is 0 Å². The van der Waals surface area contributed by atoms with E-state index in [0.29, 0.717) is 12.0 Å². The summed E-state index contributed by atoms with van der Waals surface area (Å²) >= 11 is 0. The summed E-state index contributed by atoms with van der Waals surface area (Å²) in [7, 11) is 0. The molecule has 2 aliphatic carbocycles. The van der Waals surface area contributed by atoms with Crippen molar-refractivity contribution in [3.05, 3.63) is 28.8 Å². The highest BCUT2D eigenvalue weighted by atomic mass is 16.3. The number of hydrogen-bond acceptors (Lipinski definition) is 4.